The zero-order valence-corrected chi connectivity index (χ0v) is 13.8. The van der Waals surface area contributed by atoms with E-state index in [2.05, 4.69) is 79.1 Å². The van der Waals surface area contributed by atoms with E-state index in [0.717, 1.165) is 24.1 Å². The van der Waals surface area contributed by atoms with Crippen LogP contribution in [0.1, 0.15) is 31.9 Å². The van der Waals surface area contributed by atoms with Crippen LogP contribution in [0.2, 0.25) is 0 Å². The van der Waals surface area contributed by atoms with Gasteiger partial charge in [0.1, 0.15) is 0 Å². The molecule has 0 atom stereocenters. The van der Waals surface area contributed by atoms with Crippen molar-refractivity contribution in [3.63, 3.8) is 0 Å². The quantitative estimate of drug-likeness (QED) is 0.894. The van der Waals surface area contributed by atoms with Crippen LogP contribution in [0.3, 0.4) is 0 Å². The molecular weight excluding hydrogens is 288 g/mol. The van der Waals surface area contributed by atoms with Crippen LogP contribution in [0.25, 0.3) is 0 Å². The first-order valence-corrected chi connectivity index (χ1v) is 7.26. The van der Waals surface area contributed by atoms with Crippen molar-refractivity contribution in [1.82, 2.24) is 10.2 Å². The molecule has 1 rings (SSSR count). The minimum absolute atomic E-state index is 0.203. The van der Waals surface area contributed by atoms with Crippen LogP contribution in [0.5, 0.6) is 0 Å². The van der Waals surface area contributed by atoms with Gasteiger partial charge in [-0.05, 0) is 58.0 Å². The minimum Gasteiger partial charge on any atom is -0.311 e. The molecule has 0 bridgehead atoms. The minimum atomic E-state index is 0.203. The maximum Gasteiger partial charge on any atom is 0.0233 e. The summed E-state index contributed by atoms with van der Waals surface area (Å²) in [5.74, 6) is 0. The molecule has 0 aromatic heterocycles. The third kappa shape index (κ3) is 5.98. The maximum absolute atomic E-state index is 3.51. The predicted octanol–water partition coefficient (Wildman–Crippen LogP) is 3.58. The fourth-order valence-corrected chi connectivity index (χ4v) is 2.30. The van der Waals surface area contributed by atoms with Crippen LogP contribution < -0.4 is 5.32 Å². The van der Waals surface area contributed by atoms with Gasteiger partial charge >= 0.3 is 0 Å². The second kappa shape index (κ2) is 6.69. The number of nitrogens with zero attached hydrogens (tertiary/aromatic N) is 1. The van der Waals surface area contributed by atoms with E-state index in [1.54, 1.807) is 0 Å². The Balaban J connectivity index is 2.42. The molecule has 0 aliphatic heterocycles. The van der Waals surface area contributed by atoms with E-state index in [1.165, 1.54) is 11.1 Å². The second-order valence-electron chi connectivity index (χ2n) is 5.99. The average molecular weight is 313 g/mol. The van der Waals surface area contributed by atoms with Gasteiger partial charge in [-0.15, -0.1) is 0 Å². The Morgan fingerprint density at radius 3 is 2.50 bits per heavy atom. The van der Waals surface area contributed by atoms with Crippen molar-refractivity contribution in [1.29, 1.82) is 0 Å². The number of likely N-dealkylation sites (N-methyl/N-ethyl adjacent to an activating group) is 1. The lowest BCUT2D eigenvalue weighted by Crippen LogP contribution is -2.40. The van der Waals surface area contributed by atoms with Gasteiger partial charge in [0.25, 0.3) is 0 Å². The number of hydrogen-bond donors (Lipinski definition) is 1. The van der Waals surface area contributed by atoms with Gasteiger partial charge in [0.15, 0.2) is 0 Å². The van der Waals surface area contributed by atoms with Crippen molar-refractivity contribution in [2.24, 2.45) is 0 Å². The van der Waals surface area contributed by atoms with E-state index in [9.17, 15) is 0 Å². The summed E-state index contributed by atoms with van der Waals surface area (Å²) >= 11 is 3.50. The van der Waals surface area contributed by atoms with Gasteiger partial charge in [0.05, 0.1) is 0 Å². The zero-order valence-electron chi connectivity index (χ0n) is 12.2. The summed E-state index contributed by atoms with van der Waals surface area (Å²) in [7, 11) is 2.17. The Morgan fingerprint density at radius 2 is 1.94 bits per heavy atom. The number of halogens is 1. The first-order valence-electron chi connectivity index (χ1n) is 6.46. The number of nitrogens with one attached hydrogen (secondary N) is 1. The third-order valence-electron chi connectivity index (χ3n) is 2.89. The van der Waals surface area contributed by atoms with Crippen molar-refractivity contribution >= 4 is 15.9 Å². The molecule has 0 spiro atoms. The SMILES string of the molecule is Cc1cc(Br)ccc1CN(C)CCNC(C)(C)C. The molecule has 102 valence electrons. The normalized spacial score (nSPS) is 12.2. The predicted molar refractivity (Wildman–Crippen MR) is 83.0 cm³/mol. The van der Waals surface area contributed by atoms with E-state index in [4.69, 9.17) is 0 Å². The Hall–Kier alpha value is -0.380. The van der Waals surface area contributed by atoms with Gasteiger partial charge in [-0.25, -0.2) is 0 Å². The standard InChI is InChI=1S/C15H25BrN2/c1-12-10-14(16)7-6-13(12)11-18(5)9-8-17-15(2,3)4/h6-7,10,17H,8-9,11H2,1-5H3. The third-order valence-corrected chi connectivity index (χ3v) is 3.39. The van der Waals surface area contributed by atoms with E-state index in [-0.39, 0.29) is 5.54 Å². The first-order chi connectivity index (χ1) is 8.28. The van der Waals surface area contributed by atoms with E-state index in [0.29, 0.717) is 0 Å². The fourth-order valence-electron chi connectivity index (χ4n) is 1.83. The lowest BCUT2D eigenvalue weighted by atomic mass is 10.1. The highest BCUT2D eigenvalue weighted by Gasteiger charge is 2.09. The van der Waals surface area contributed by atoms with Gasteiger partial charge in [-0.3, -0.25) is 0 Å². The maximum atomic E-state index is 3.51. The molecule has 2 nitrogen and oxygen atoms in total. The molecule has 18 heavy (non-hydrogen) atoms. The lowest BCUT2D eigenvalue weighted by Gasteiger charge is -2.24. The van der Waals surface area contributed by atoms with E-state index in [1.807, 2.05) is 0 Å². The van der Waals surface area contributed by atoms with Crippen molar-refractivity contribution in [3.8, 4) is 0 Å². The number of benzene rings is 1. The number of hydrogen-bond acceptors (Lipinski definition) is 2. The zero-order chi connectivity index (χ0) is 13.8. The Bertz CT molecular complexity index is 383. The Labute approximate surface area is 120 Å². The van der Waals surface area contributed by atoms with Gasteiger partial charge in [0, 0.05) is 29.6 Å². The summed E-state index contributed by atoms with van der Waals surface area (Å²) in [5.41, 5.74) is 2.95. The highest BCUT2D eigenvalue weighted by Crippen LogP contribution is 2.16. The average Bonchev–Trinajstić information content (AvgIpc) is 2.20. The van der Waals surface area contributed by atoms with Gasteiger partial charge in [0.2, 0.25) is 0 Å². The molecule has 0 saturated heterocycles. The van der Waals surface area contributed by atoms with Crippen molar-refractivity contribution in [2.45, 2.75) is 39.8 Å². The van der Waals surface area contributed by atoms with Crippen LogP contribution in [0.4, 0.5) is 0 Å². The smallest absolute Gasteiger partial charge is 0.0233 e. The monoisotopic (exact) mass is 312 g/mol. The Kier molecular flexibility index (Phi) is 5.83. The summed E-state index contributed by atoms with van der Waals surface area (Å²) in [6.07, 6.45) is 0. The number of aryl methyl sites for hydroxylation is 1. The molecule has 0 fully saturated rings. The molecular formula is C15H25BrN2. The molecule has 3 heteroatoms. The molecule has 0 heterocycles. The first kappa shape index (κ1) is 15.7. The van der Waals surface area contributed by atoms with Gasteiger partial charge < -0.3 is 10.2 Å². The molecule has 1 aromatic rings. The van der Waals surface area contributed by atoms with E-state index >= 15 is 0 Å². The summed E-state index contributed by atoms with van der Waals surface area (Å²) in [5, 5.41) is 3.51. The fraction of sp³-hybridized carbons (Fsp3) is 0.600. The second-order valence-corrected chi connectivity index (χ2v) is 6.90. The van der Waals surface area contributed by atoms with Gasteiger partial charge in [-0.2, -0.15) is 0 Å². The van der Waals surface area contributed by atoms with Crippen LogP contribution >= 0.6 is 15.9 Å². The van der Waals surface area contributed by atoms with Crippen molar-refractivity contribution in [2.75, 3.05) is 20.1 Å². The molecule has 0 aliphatic carbocycles. The van der Waals surface area contributed by atoms with E-state index < -0.39 is 0 Å². The topological polar surface area (TPSA) is 15.3 Å². The molecule has 1 N–H and O–H groups in total. The van der Waals surface area contributed by atoms with Crippen LogP contribution in [-0.4, -0.2) is 30.6 Å². The molecule has 1 aromatic carbocycles. The lowest BCUT2D eigenvalue weighted by molar-refractivity contribution is 0.303. The molecule has 0 amide bonds. The summed E-state index contributed by atoms with van der Waals surface area (Å²) in [4.78, 5) is 2.36. The van der Waals surface area contributed by atoms with Crippen LogP contribution in [0, 0.1) is 6.92 Å². The molecule has 0 aliphatic rings. The summed E-state index contributed by atoms with van der Waals surface area (Å²) in [6, 6.07) is 6.49. The van der Waals surface area contributed by atoms with Crippen LogP contribution in [-0.2, 0) is 6.54 Å². The highest BCUT2D eigenvalue weighted by atomic mass is 79.9. The van der Waals surface area contributed by atoms with Crippen LogP contribution in [0.15, 0.2) is 22.7 Å². The highest BCUT2D eigenvalue weighted by molar-refractivity contribution is 9.10. The summed E-state index contributed by atoms with van der Waals surface area (Å²) in [6.45, 7) is 11.9. The largest absolute Gasteiger partial charge is 0.311 e. The molecule has 0 saturated carbocycles. The Morgan fingerprint density at radius 1 is 1.28 bits per heavy atom. The van der Waals surface area contributed by atoms with Crippen molar-refractivity contribution < 1.29 is 0 Å². The molecule has 0 radical (unpaired) electrons. The van der Waals surface area contributed by atoms with Gasteiger partial charge in [-0.1, -0.05) is 22.0 Å². The summed E-state index contributed by atoms with van der Waals surface area (Å²) < 4.78 is 1.15. The molecule has 0 unspecified atom stereocenters. The number of rotatable bonds is 5. The van der Waals surface area contributed by atoms with Crippen molar-refractivity contribution in [3.05, 3.63) is 33.8 Å².